The van der Waals surface area contributed by atoms with Gasteiger partial charge < -0.3 is 10.6 Å². The number of hydrogen-bond donors (Lipinski definition) is 1. The van der Waals surface area contributed by atoms with E-state index in [1.54, 1.807) is 31.2 Å². The van der Waals surface area contributed by atoms with E-state index >= 15 is 0 Å². The zero-order valence-electron chi connectivity index (χ0n) is 12.3. The lowest BCUT2D eigenvalue weighted by Gasteiger charge is -2.25. The van der Waals surface area contributed by atoms with Crippen LogP contribution in [-0.2, 0) is 11.3 Å². The number of amides is 1. The molecule has 2 rings (SSSR count). The molecule has 0 unspecified atom stereocenters. The van der Waals surface area contributed by atoms with Gasteiger partial charge in [0.2, 0.25) is 5.91 Å². The smallest absolute Gasteiger partial charge is 0.244 e. The van der Waals surface area contributed by atoms with Crippen LogP contribution in [0.5, 0.6) is 0 Å². The zero-order valence-corrected chi connectivity index (χ0v) is 12.3. The Morgan fingerprint density at radius 1 is 1.09 bits per heavy atom. The van der Waals surface area contributed by atoms with E-state index in [0.29, 0.717) is 12.1 Å². The predicted molar refractivity (Wildman–Crippen MR) is 80.8 cm³/mol. The van der Waals surface area contributed by atoms with Crippen molar-refractivity contribution in [3.05, 3.63) is 71.3 Å². The van der Waals surface area contributed by atoms with E-state index in [1.807, 2.05) is 6.07 Å². The molecule has 0 aliphatic rings. The normalized spacial score (nSPS) is 12.0. The van der Waals surface area contributed by atoms with E-state index in [4.69, 9.17) is 5.73 Å². The first-order valence-electron chi connectivity index (χ1n) is 7.06. The van der Waals surface area contributed by atoms with Gasteiger partial charge in [0.1, 0.15) is 17.7 Å². The maximum atomic E-state index is 13.7. The second kappa shape index (κ2) is 7.13. The molecule has 116 valence electrons. The minimum absolute atomic E-state index is 0.127. The second-order valence-corrected chi connectivity index (χ2v) is 4.94. The molecular formula is C17H18F2N2O. The molecule has 0 aliphatic heterocycles. The van der Waals surface area contributed by atoms with Crippen molar-refractivity contribution >= 4 is 5.91 Å². The third-order valence-electron chi connectivity index (χ3n) is 3.53. The fourth-order valence-corrected chi connectivity index (χ4v) is 2.22. The summed E-state index contributed by atoms with van der Waals surface area (Å²) in [5, 5.41) is 0. The number of likely N-dealkylation sites (N-methyl/N-ethyl adjacent to an activating group) is 1. The lowest BCUT2D eigenvalue weighted by atomic mass is 10.1. The van der Waals surface area contributed by atoms with Crippen LogP contribution >= 0.6 is 0 Å². The van der Waals surface area contributed by atoms with Gasteiger partial charge in [0.15, 0.2) is 0 Å². The van der Waals surface area contributed by atoms with Gasteiger partial charge in [-0.2, -0.15) is 0 Å². The minimum Gasteiger partial charge on any atom is -0.337 e. The largest absolute Gasteiger partial charge is 0.337 e. The van der Waals surface area contributed by atoms with Gasteiger partial charge in [0.25, 0.3) is 0 Å². The standard InChI is InChI=1S/C17H18F2N2O/c1-2-21(11-13-14(18)9-6-10-15(13)19)17(22)16(20)12-7-4-3-5-8-12/h3-10,16H,2,11,20H2,1H3/t16-/m1/s1. The Bertz CT molecular complexity index is 626. The summed E-state index contributed by atoms with van der Waals surface area (Å²) in [5.41, 5.74) is 6.51. The van der Waals surface area contributed by atoms with Gasteiger partial charge in [-0.25, -0.2) is 8.78 Å². The van der Waals surface area contributed by atoms with Crippen LogP contribution < -0.4 is 5.73 Å². The third-order valence-corrected chi connectivity index (χ3v) is 3.53. The maximum absolute atomic E-state index is 13.7. The topological polar surface area (TPSA) is 46.3 Å². The van der Waals surface area contributed by atoms with Crippen molar-refractivity contribution in [2.45, 2.75) is 19.5 Å². The lowest BCUT2D eigenvalue weighted by molar-refractivity contribution is -0.133. The van der Waals surface area contributed by atoms with Crippen molar-refractivity contribution < 1.29 is 13.6 Å². The molecule has 0 bridgehead atoms. The summed E-state index contributed by atoms with van der Waals surface area (Å²) in [5.74, 6) is -1.70. The van der Waals surface area contributed by atoms with Crippen LogP contribution in [0, 0.1) is 11.6 Å². The Kier molecular flexibility index (Phi) is 5.22. The number of carbonyl (C=O) groups is 1. The first-order valence-corrected chi connectivity index (χ1v) is 7.06. The first-order chi connectivity index (χ1) is 10.5. The van der Waals surface area contributed by atoms with E-state index in [2.05, 4.69) is 0 Å². The minimum atomic E-state index is -0.851. The first kappa shape index (κ1) is 16.1. The van der Waals surface area contributed by atoms with E-state index < -0.39 is 17.7 Å². The molecule has 2 N–H and O–H groups in total. The molecule has 1 atom stereocenters. The number of halogens is 2. The molecule has 0 fully saturated rings. The Morgan fingerprint density at radius 2 is 1.68 bits per heavy atom. The number of nitrogens with zero attached hydrogens (tertiary/aromatic N) is 1. The summed E-state index contributed by atoms with van der Waals surface area (Å²) < 4.78 is 27.5. The number of benzene rings is 2. The summed E-state index contributed by atoms with van der Waals surface area (Å²) >= 11 is 0. The molecule has 0 spiro atoms. The zero-order chi connectivity index (χ0) is 16.1. The highest BCUT2D eigenvalue weighted by atomic mass is 19.1. The van der Waals surface area contributed by atoms with Gasteiger partial charge in [0, 0.05) is 12.1 Å². The van der Waals surface area contributed by atoms with Crippen LogP contribution in [0.4, 0.5) is 8.78 Å². The predicted octanol–water partition coefficient (Wildman–Crippen LogP) is 3.01. The van der Waals surface area contributed by atoms with Crippen molar-refractivity contribution in [1.29, 1.82) is 0 Å². The molecule has 1 amide bonds. The molecule has 0 saturated heterocycles. The summed E-state index contributed by atoms with van der Waals surface area (Å²) in [4.78, 5) is 13.8. The van der Waals surface area contributed by atoms with Crippen molar-refractivity contribution in [3.63, 3.8) is 0 Å². The Hall–Kier alpha value is -2.27. The monoisotopic (exact) mass is 304 g/mol. The van der Waals surface area contributed by atoms with Crippen LogP contribution in [0.3, 0.4) is 0 Å². The molecule has 0 saturated carbocycles. The highest BCUT2D eigenvalue weighted by molar-refractivity contribution is 5.83. The molecule has 2 aromatic carbocycles. The summed E-state index contributed by atoms with van der Waals surface area (Å²) in [6.07, 6.45) is 0. The van der Waals surface area contributed by atoms with E-state index in [9.17, 15) is 13.6 Å². The fraction of sp³-hybridized carbons (Fsp3) is 0.235. The van der Waals surface area contributed by atoms with Gasteiger partial charge in [0.05, 0.1) is 6.54 Å². The third kappa shape index (κ3) is 3.49. The van der Waals surface area contributed by atoms with Crippen LogP contribution in [0.2, 0.25) is 0 Å². The number of carbonyl (C=O) groups excluding carboxylic acids is 1. The highest BCUT2D eigenvalue weighted by Gasteiger charge is 2.23. The maximum Gasteiger partial charge on any atom is 0.244 e. The summed E-state index contributed by atoms with van der Waals surface area (Å²) in [6.45, 7) is 1.91. The molecular weight excluding hydrogens is 286 g/mol. The molecule has 5 heteroatoms. The van der Waals surface area contributed by atoms with Crippen molar-refractivity contribution in [2.75, 3.05) is 6.54 Å². The number of rotatable bonds is 5. The van der Waals surface area contributed by atoms with Crippen LogP contribution in [0.1, 0.15) is 24.1 Å². The molecule has 3 nitrogen and oxygen atoms in total. The average Bonchev–Trinajstić information content (AvgIpc) is 2.54. The summed E-state index contributed by atoms with van der Waals surface area (Å²) in [6, 6.07) is 11.7. The Balaban J connectivity index is 2.19. The van der Waals surface area contributed by atoms with E-state index in [-0.39, 0.29) is 18.0 Å². The van der Waals surface area contributed by atoms with Crippen LogP contribution in [-0.4, -0.2) is 17.4 Å². The summed E-state index contributed by atoms with van der Waals surface area (Å²) in [7, 11) is 0. The fourth-order valence-electron chi connectivity index (χ4n) is 2.22. The van der Waals surface area contributed by atoms with Crippen molar-refractivity contribution in [2.24, 2.45) is 5.73 Å². The van der Waals surface area contributed by atoms with E-state index in [1.165, 1.54) is 23.1 Å². The van der Waals surface area contributed by atoms with Crippen molar-refractivity contribution in [3.8, 4) is 0 Å². The van der Waals surface area contributed by atoms with E-state index in [0.717, 1.165) is 0 Å². The molecule has 0 radical (unpaired) electrons. The number of nitrogens with two attached hydrogens (primary N) is 1. The molecule has 0 aliphatic carbocycles. The van der Waals surface area contributed by atoms with Crippen molar-refractivity contribution in [1.82, 2.24) is 4.90 Å². The Labute approximate surface area is 128 Å². The average molecular weight is 304 g/mol. The molecule has 0 aromatic heterocycles. The van der Waals surface area contributed by atoms with Crippen LogP contribution in [0.15, 0.2) is 48.5 Å². The van der Waals surface area contributed by atoms with Gasteiger partial charge in [-0.05, 0) is 24.6 Å². The molecule has 2 aromatic rings. The molecule has 0 heterocycles. The van der Waals surface area contributed by atoms with Gasteiger partial charge in [-0.3, -0.25) is 4.79 Å². The SMILES string of the molecule is CCN(Cc1c(F)cccc1F)C(=O)[C@H](N)c1ccccc1. The Morgan fingerprint density at radius 3 is 2.23 bits per heavy atom. The van der Waals surface area contributed by atoms with Gasteiger partial charge >= 0.3 is 0 Å². The second-order valence-electron chi connectivity index (χ2n) is 4.94. The lowest BCUT2D eigenvalue weighted by Crippen LogP contribution is -2.38. The molecule has 22 heavy (non-hydrogen) atoms. The van der Waals surface area contributed by atoms with Gasteiger partial charge in [-0.1, -0.05) is 36.4 Å². The quantitative estimate of drug-likeness (QED) is 0.923. The van der Waals surface area contributed by atoms with Gasteiger partial charge in [-0.15, -0.1) is 0 Å². The highest BCUT2D eigenvalue weighted by Crippen LogP contribution is 2.18. The number of hydrogen-bond acceptors (Lipinski definition) is 2. The van der Waals surface area contributed by atoms with Crippen LogP contribution in [0.25, 0.3) is 0 Å².